The molecule has 178 valence electrons. The average Bonchev–Trinajstić information content (AvgIpc) is 2.86. The van der Waals surface area contributed by atoms with Gasteiger partial charge in [-0.1, -0.05) is 60.7 Å². The van der Waals surface area contributed by atoms with Gasteiger partial charge >= 0.3 is 0 Å². The molecular weight excluding hydrogens is 448 g/mol. The summed E-state index contributed by atoms with van der Waals surface area (Å²) in [6.07, 6.45) is 0. The Labute approximate surface area is 204 Å². The number of nitrogens with zero attached hydrogens (tertiary/aromatic N) is 1. The van der Waals surface area contributed by atoms with E-state index in [1.54, 1.807) is 4.90 Å². The van der Waals surface area contributed by atoms with Crippen molar-refractivity contribution in [3.63, 3.8) is 0 Å². The maximum Gasteiger partial charge on any atom is 0.246 e. The summed E-state index contributed by atoms with van der Waals surface area (Å²) in [4.78, 5) is 27.6. The first-order chi connectivity index (χ1) is 16.5. The topological polar surface area (TPSA) is 78.9 Å². The average molecular weight is 479 g/mol. The van der Waals surface area contributed by atoms with Crippen LogP contribution in [-0.4, -0.2) is 46.8 Å². The second kappa shape index (κ2) is 13.4. The summed E-state index contributed by atoms with van der Waals surface area (Å²) in [6, 6.07) is 26.5. The van der Waals surface area contributed by atoms with Gasteiger partial charge in [0, 0.05) is 30.7 Å². The highest BCUT2D eigenvalue weighted by Crippen LogP contribution is 2.23. The minimum atomic E-state index is -0.702. The van der Waals surface area contributed by atoms with Crippen LogP contribution in [0.3, 0.4) is 0 Å². The van der Waals surface area contributed by atoms with E-state index in [2.05, 4.69) is 5.32 Å². The van der Waals surface area contributed by atoms with E-state index in [1.807, 2.05) is 84.9 Å². The number of aliphatic hydroxyl groups excluding tert-OH is 1. The van der Waals surface area contributed by atoms with Crippen LogP contribution in [-0.2, 0) is 22.7 Å². The van der Waals surface area contributed by atoms with E-state index in [9.17, 15) is 14.7 Å². The van der Waals surface area contributed by atoms with Crippen molar-refractivity contribution in [3.8, 4) is 5.75 Å². The normalized spacial score (nSPS) is 11.5. The molecule has 7 heteroatoms. The first-order valence-electron chi connectivity index (χ1n) is 11.2. The summed E-state index contributed by atoms with van der Waals surface area (Å²) in [5.74, 6) is 0.648. The third-order valence-corrected chi connectivity index (χ3v) is 6.17. The van der Waals surface area contributed by atoms with E-state index in [-0.39, 0.29) is 25.0 Å². The van der Waals surface area contributed by atoms with Gasteiger partial charge in [-0.15, -0.1) is 11.8 Å². The third kappa shape index (κ3) is 8.24. The quantitative estimate of drug-likeness (QED) is 0.386. The Balaban J connectivity index is 1.60. The van der Waals surface area contributed by atoms with Gasteiger partial charge in [0.2, 0.25) is 11.8 Å². The molecule has 0 saturated heterocycles. The molecule has 1 atom stereocenters. The number of thioether (sulfide) groups is 1. The number of carbonyl (C=O) groups excluding carboxylic acids is 2. The first-order valence-corrected chi connectivity index (χ1v) is 12.1. The number of carbonyl (C=O) groups is 2. The van der Waals surface area contributed by atoms with Crippen LogP contribution >= 0.6 is 11.8 Å². The van der Waals surface area contributed by atoms with Crippen LogP contribution < -0.4 is 10.1 Å². The van der Waals surface area contributed by atoms with Gasteiger partial charge in [0.15, 0.2) is 0 Å². The van der Waals surface area contributed by atoms with Crippen molar-refractivity contribution < 1.29 is 19.4 Å². The molecule has 0 aliphatic carbocycles. The van der Waals surface area contributed by atoms with Crippen LogP contribution in [0.25, 0.3) is 0 Å². The molecule has 0 saturated carbocycles. The molecular formula is C27H30N2O4S. The fraction of sp³-hybridized carbons (Fsp3) is 0.259. The monoisotopic (exact) mass is 478 g/mol. The van der Waals surface area contributed by atoms with Crippen molar-refractivity contribution in [2.75, 3.05) is 18.9 Å². The first kappa shape index (κ1) is 25.3. The van der Waals surface area contributed by atoms with Crippen LogP contribution in [0.5, 0.6) is 5.75 Å². The van der Waals surface area contributed by atoms with Gasteiger partial charge in [-0.3, -0.25) is 9.59 Å². The van der Waals surface area contributed by atoms with Gasteiger partial charge in [0.25, 0.3) is 0 Å². The number of hydrogen-bond acceptors (Lipinski definition) is 5. The fourth-order valence-corrected chi connectivity index (χ4v) is 4.30. The fourth-order valence-electron chi connectivity index (χ4n) is 3.38. The summed E-state index contributed by atoms with van der Waals surface area (Å²) in [5, 5.41) is 12.2. The molecule has 3 aromatic carbocycles. The lowest BCUT2D eigenvalue weighted by atomic mass is 10.2. The highest BCUT2D eigenvalue weighted by molar-refractivity contribution is 7.99. The van der Waals surface area contributed by atoms with E-state index in [0.29, 0.717) is 18.9 Å². The molecule has 0 aromatic heterocycles. The molecule has 0 aliphatic heterocycles. The molecule has 2 amide bonds. The molecule has 0 fully saturated rings. The third-order valence-electron chi connectivity index (χ3n) is 5.06. The Bertz CT molecular complexity index is 1030. The van der Waals surface area contributed by atoms with Crippen LogP contribution in [0.2, 0.25) is 0 Å². The SMILES string of the molecule is CC(=O)NC(CSc1ccc(OCc2ccccc2)cc1)C(=O)N(CCO)Cc1ccccc1. The second-order valence-electron chi connectivity index (χ2n) is 7.78. The van der Waals surface area contributed by atoms with Crippen molar-refractivity contribution in [2.45, 2.75) is 31.0 Å². The van der Waals surface area contributed by atoms with Crippen molar-refractivity contribution >= 4 is 23.6 Å². The molecule has 0 spiro atoms. The summed E-state index contributed by atoms with van der Waals surface area (Å²) in [5.41, 5.74) is 2.06. The Kier molecular flexibility index (Phi) is 10.0. The van der Waals surface area contributed by atoms with Crippen LogP contribution in [0.15, 0.2) is 89.8 Å². The molecule has 3 aromatic rings. The van der Waals surface area contributed by atoms with E-state index >= 15 is 0 Å². The Hall–Kier alpha value is -3.29. The Morgan fingerprint density at radius 1 is 0.941 bits per heavy atom. The lowest BCUT2D eigenvalue weighted by molar-refractivity contribution is -0.136. The number of rotatable bonds is 12. The van der Waals surface area contributed by atoms with Crippen molar-refractivity contribution in [3.05, 3.63) is 96.1 Å². The molecule has 0 aliphatic rings. The minimum absolute atomic E-state index is 0.150. The lowest BCUT2D eigenvalue weighted by Crippen LogP contribution is -2.49. The Morgan fingerprint density at radius 3 is 2.15 bits per heavy atom. The van der Waals surface area contributed by atoms with E-state index in [0.717, 1.165) is 21.8 Å². The summed E-state index contributed by atoms with van der Waals surface area (Å²) >= 11 is 1.48. The van der Waals surface area contributed by atoms with Crippen molar-refractivity contribution in [1.29, 1.82) is 0 Å². The zero-order valence-electron chi connectivity index (χ0n) is 19.2. The van der Waals surface area contributed by atoms with Crippen LogP contribution in [0.1, 0.15) is 18.1 Å². The molecule has 1 unspecified atom stereocenters. The van der Waals surface area contributed by atoms with E-state index < -0.39 is 6.04 Å². The van der Waals surface area contributed by atoms with Gasteiger partial charge in [0.1, 0.15) is 18.4 Å². The van der Waals surface area contributed by atoms with Gasteiger partial charge < -0.3 is 20.1 Å². The Morgan fingerprint density at radius 2 is 1.56 bits per heavy atom. The molecule has 3 rings (SSSR count). The number of aliphatic hydroxyl groups is 1. The van der Waals surface area contributed by atoms with Crippen molar-refractivity contribution in [2.24, 2.45) is 0 Å². The number of nitrogens with one attached hydrogen (secondary N) is 1. The van der Waals surface area contributed by atoms with Crippen molar-refractivity contribution in [1.82, 2.24) is 10.2 Å². The van der Waals surface area contributed by atoms with Crippen LogP contribution in [0, 0.1) is 0 Å². The number of hydrogen-bond donors (Lipinski definition) is 2. The summed E-state index contributed by atoms with van der Waals surface area (Å²) in [6.45, 7) is 2.31. The van der Waals surface area contributed by atoms with Gasteiger partial charge in [-0.25, -0.2) is 0 Å². The summed E-state index contributed by atoms with van der Waals surface area (Å²) in [7, 11) is 0. The highest BCUT2D eigenvalue weighted by atomic mass is 32.2. The largest absolute Gasteiger partial charge is 0.489 e. The highest BCUT2D eigenvalue weighted by Gasteiger charge is 2.25. The molecule has 0 radical (unpaired) electrons. The zero-order chi connectivity index (χ0) is 24.2. The predicted octanol–water partition coefficient (Wildman–Crippen LogP) is 3.88. The molecule has 0 bridgehead atoms. The van der Waals surface area contributed by atoms with Gasteiger partial charge in [0.05, 0.1) is 6.61 Å². The van der Waals surface area contributed by atoms with Gasteiger partial charge in [-0.05, 0) is 35.4 Å². The standard InChI is InChI=1S/C27H30N2O4S/c1-21(31)28-26(27(32)29(16-17-30)18-22-8-4-2-5-9-22)20-34-25-14-12-24(13-15-25)33-19-23-10-6-3-7-11-23/h2-15,26,30H,16-20H2,1H3,(H,28,31). The maximum absolute atomic E-state index is 13.2. The maximum atomic E-state index is 13.2. The zero-order valence-corrected chi connectivity index (χ0v) is 20.0. The van der Waals surface area contributed by atoms with E-state index in [4.69, 9.17) is 4.74 Å². The minimum Gasteiger partial charge on any atom is -0.489 e. The molecule has 2 N–H and O–H groups in total. The number of ether oxygens (including phenoxy) is 1. The molecule has 34 heavy (non-hydrogen) atoms. The van der Waals surface area contributed by atoms with Crippen LogP contribution in [0.4, 0.5) is 0 Å². The predicted molar refractivity (Wildman–Crippen MR) is 134 cm³/mol. The number of benzene rings is 3. The number of amides is 2. The second-order valence-corrected chi connectivity index (χ2v) is 8.87. The van der Waals surface area contributed by atoms with E-state index in [1.165, 1.54) is 18.7 Å². The lowest BCUT2D eigenvalue weighted by Gasteiger charge is -2.27. The smallest absolute Gasteiger partial charge is 0.246 e. The molecule has 0 heterocycles. The molecule has 6 nitrogen and oxygen atoms in total. The summed E-state index contributed by atoms with van der Waals surface area (Å²) < 4.78 is 5.83. The van der Waals surface area contributed by atoms with Gasteiger partial charge in [-0.2, -0.15) is 0 Å².